The summed E-state index contributed by atoms with van der Waals surface area (Å²) in [6.45, 7) is 5.79. The van der Waals surface area contributed by atoms with Gasteiger partial charge in [0.2, 0.25) is 11.5 Å². The van der Waals surface area contributed by atoms with Crippen LogP contribution in [0.1, 0.15) is 28.4 Å². The van der Waals surface area contributed by atoms with E-state index in [4.69, 9.17) is 15.2 Å². The summed E-state index contributed by atoms with van der Waals surface area (Å²) in [7, 11) is 0. The van der Waals surface area contributed by atoms with Crippen molar-refractivity contribution in [2.45, 2.75) is 26.5 Å². The maximum atomic E-state index is 12.3. The molecule has 0 radical (unpaired) electrons. The fourth-order valence-corrected chi connectivity index (χ4v) is 1.98. The van der Waals surface area contributed by atoms with E-state index in [-0.39, 0.29) is 12.4 Å². The molecular weight excluding hydrogens is 258 g/mol. The summed E-state index contributed by atoms with van der Waals surface area (Å²) in [6.07, 6.45) is 2.35. The Bertz CT molecular complexity index is 606. The number of nitrogens with two attached hydrogens (primary N) is 1. The summed E-state index contributed by atoms with van der Waals surface area (Å²) in [4.78, 5) is 23.6. The highest BCUT2D eigenvalue weighted by Crippen LogP contribution is 2.35. The first kappa shape index (κ1) is 14.3. The Kier molecular flexibility index (Phi) is 3.63. The Morgan fingerprint density at radius 1 is 1.40 bits per heavy atom. The molecule has 0 saturated carbocycles. The van der Waals surface area contributed by atoms with E-state index in [2.05, 4.69) is 0 Å². The molecule has 1 atom stereocenters. The quantitative estimate of drug-likeness (QED) is 0.670. The normalized spacial score (nSPS) is 20.9. The fraction of sp³-hybridized carbons (Fsp3) is 0.333. The van der Waals surface area contributed by atoms with Crippen molar-refractivity contribution >= 4 is 11.8 Å². The number of hydrogen-bond donors (Lipinski definition) is 1. The Balaban J connectivity index is 2.29. The van der Waals surface area contributed by atoms with Crippen LogP contribution in [0.5, 0.6) is 5.75 Å². The lowest BCUT2D eigenvalue weighted by Crippen LogP contribution is -2.47. The van der Waals surface area contributed by atoms with Crippen molar-refractivity contribution in [2.24, 2.45) is 5.73 Å². The van der Waals surface area contributed by atoms with Gasteiger partial charge in [0.25, 0.3) is 0 Å². The van der Waals surface area contributed by atoms with Crippen molar-refractivity contribution in [3.63, 3.8) is 0 Å². The van der Waals surface area contributed by atoms with Gasteiger partial charge in [0.15, 0.2) is 0 Å². The molecular formula is C15H17NO4. The number of esters is 1. The minimum absolute atomic E-state index is 0.258. The predicted octanol–water partition coefficient (Wildman–Crippen LogP) is 1.65. The summed E-state index contributed by atoms with van der Waals surface area (Å²) in [5.41, 5.74) is 6.72. The molecule has 2 N–H and O–H groups in total. The van der Waals surface area contributed by atoms with Gasteiger partial charge < -0.3 is 9.47 Å². The average molecular weight is 275 g/mol. The Morgan fingerprint density at radius 2 is 2.05 bits per heavy atom. The van der Waals surface area contributed by atoms with Crippen LogP contribution in [0.2, 0.25) is 0 Å². The van der Waals surface area contributed by atoms with E-state index >= 15 is 0 Å². The van der Waals surface area contributed by atoms with Crippen molar-refractivity contribution in [3.8, 4) is 5.75 Å². The summed E-state index contributed by atoms with van der Waals surface area (Å²) < 4.78 is 10.3. The van der Waals surface area contributed by atoms with Gasteiger partial charge in [0, 0.05) is 6.08 Å². The van der Waals surface area contributed by atoms with Crippen LogP contribution in [-0.2, 0) is 9.53 Å². The van der Waals surface area contributed by atoms with E-state index in [1.165, 1.54) is 6.08 Å². The molecule has 1 aliphatic heterocycles. The Morgan fingerprint density at radius 3 is 2.70 bits per heavy atom. The monoisotopic (exact) mass is 275 g/mol. The van der Waals surface area contributed by atoms with Crippen molar-refractivity contribution in [2.75, 3.05) is 6.61 Å². The van der Waals surface area contributed by atoms with Crippen molar-refractivity contribution in [1.82, 2.24) is 0 Å². The number of fused-ring (bicyclic) bond motifs is 1. The fourth-order valence-electron chi connectivity index (χ4n) is 1.98. The van der Waals surface area contributed by atoms with Gasteiger partial charge in [0.1, 0.15) is 5.75 Å². The molecule has 5 nitrogen and oxygen atoms in total. The van der Waals surface area contributed by atoms with Crippen LogP contribution >= 0.6 is 0 Å². The van der Waals surface area contributed by atoms with E-state index < -0.39 is 11.7 Å². The first-order chi connectivity index (χ1) is 9.37. The molecule has 0 bridgehead atoms. The maximum Gasteiger partial charge on any atom is 0.330 e. The second kappa shape index (κ2) is 5.09. The van der Waals surface area contributed by atoms with Crippen LogP contribution in [0.25, 0.3) is 0 Å². The molecule has 0 aliphatic carbocycles. The molecule has 1 heterocycles. The van der Waals surface area contributed by atoms with Crippen LogP contribution in [0.4, 0.5) is 0 Å². The number of hydrogen-bond acceptors (Lipinski definition) is 5. The molecule has 0 fully saturated rings. The molecule has 2 rings (SSSR count). The molecule has 20 heavy (non-hydrogen) atoms. The number of ether oxygens (including phenoxy) is 2. The van der Waals surface area contributed by atoms with Crippen molar-refractivity contribution < 1.29 is 19.1 Å². The van der Waals surface area contributed by atoms with E-state index in [1.54, 1.807) is 19.1 Å². The number of benzene rings is 1. The van der Waals surface area contributed by atoms with Crippen molar-refractivity contribution in [1.29, 1.82) is 0 Å². The zero-order chi connectivity index (χ0) is 14.9. The third-order valence-electron chi connectivity index (χ3n) is 3.23. The van der Waals surface area contributed by atoms with Crippen LogP contribution in [0, 0.1) is 13.8 Å². The molecule has 1 unspecified atom stereocenters. The van der Waals surface area contributed by atoms with Crippen molar-refractivity contribution in [3.05, 3.63) is 41.0 Å². The number of rotatable bonds is 3. The zero-order valence-electron chi connectivity index (χ0n) is 11.7. The minimum Gasteiger partial charge on any atom is -0.463 e. The van der Waals surface area contributed by atoms with E-state index in [1.807, 2.05) is 13.8 Å². The molecule has 1 aromatic carbocycles. The van der Waals surface area contributed by atoms with Crippen LogP contribution in [0.15, 0.2) is 24.3 Å². The number of carbonyl (C=O) groups excluding carboxylic acids is 2. The summed E-state index contributed by atoms with van der Waals surface area (Å²) in [5.74, 6) is -0.484. The predicted molar refractivity (Wildman–Crippen MR) is 73.6 cm³/mol. The number of ketones is 1. The Labute approximate surface area is 117 Å². The number of Topliss-reactive ketones (excluding diaryl/α,β-unsaturated/α-hetero) is 1. The van der Waals surface area contributed by atoms with Gasteiger partial charge in [0.05, 0.1) is 12.2 Å². The lowest BCUT2D eigenvalue weighted by molar-refractivity contribution is -0.137. The van der Waals surface area contributed by atoms with E-state index in [0.29, 0.717) is 11.3 Å². The summed E-state index contributed by atoms with van der Waals surface area (Å²) in [6, 6.07) is 3.52. The zero-order valence-corrected chi connectivity index (χ0v) is 11.7. The van der Waals surface area contributed by atoms with Crippen LogP contribution < -0.4 is 10.5 Å². The lowest BCUT2D eigenvalue weighted by Gasteiger charge is -2.17. The standard InChI is InChI=1S/C15H17NO4/c1-4-19-13(17)5-6-15(16)14(18)11-7-9(2)10(3)8-12(11)20-15/h5-8H,4,16H2,1-3H3/b6-5+. The number of carbonyl (C=O) groups is 2. The minimum atomic E-state index is -1.64. The van der Waals surface area contributed by atoms with Gasteiger partial charge in [-0.25, -0.2) is 4.79 Å². The Hall–Kier alpha value is -2.14. The maximum absolute atomic E-state index is 12.3. The highest BCUT2D eigenvalue weighted by Gasteiger charge is 2.43. The first-order valence-corrected chi connectivity index (χ1v) is 6.37. The molecule has 106 valence electrons. The van der Waals surface area contributed by atoms with Gasteiger partial charge in [-0.15, -0.1) is 0 Å². The van der Waals surface area contributed by atoms with E-state index in [9.17, 15) is 9.59 Å². The summed E-state index contributed by atoms with van der Waals surface area (Å²) >= 11 is 0. The lowest BCUT2D eigenvalue weighted by atomic mass is 10.00. The molecule has 0 amide bonds. The van der Waals surface area contributed by atoms with Gasteiger partial charge in [-0.2, -0.15) is 0 Å². The second-order valence-corrected chi connectivity index (χ2v) is 4.74. The SMILES string of the molecule is CCOC(=O)/C=C/C1(N)Oc2cc(C)c(C)cc2C1=O. The average Bonchev–Trinajstić information content (AvgIpc) is 2.62. The van der Waals surface area contributed by atoms with Gasteiger partial charge in [-0.1, -0.05) is 0 Å². The highest BCUT2D eigenvalue weighted by molar-refractivity contribution is 6.09. The third-order valence-corrected chi connectivity index (χ3v) is 3.23. The second-order valence-electron chi connectivity index (χ2n) is 4.74. The molecule has 0 aromatic heterocycles. The molecule has 0 spiro atoms. The van der Waals surface area contributed by atoms with E-state index in [0.717, 1.165) is 17.2 Å². The molecule has 0 saturated heterocycles. The largest absolute Gasteiger partial charge is 0.463 e. The molecule has 1 aliphatic rings. The molecule has 1 aromatic rings. The smallest absolute Gasteiger partial charge is 0.330 e. The van der Waals surface area contributed by atoms with Crippen LogP contribution in [-0.4, -0.2) is 24.1 Å². The highest BCUT2D eigenvalue weighted by atomic mass is 16.5. The number of aryl methyl sites for hydroxylation is 2. The van der Waals surface area contributed by atoms with Crippen LogP contribution in [0.3, 0.4) is 0 Å². The third kappa shape index (κ3) is 2.44. The first-order valence-electron chi connectivity index (χ1n) is 6.37. The van der Waals surface area contributed by atoms with Gasteiger partial charge in [-0.05, 0) is 50.1 Å². The van der Waals surface area contributed by atoms with Gasteiger partial charge in [-0.3, -0.25) is 10.5 Å². The topological polar surface area (TPSA) is 78.6 Å². The summed E-state index contributed by atoms with van der Waals surface area (Å²) in [5, 5.41) is 0. The van der Waals surface area contributed by atoms with Gasteiger partial charge >= 0.3 is 5.97 Å². The molecule has 5 heteroatoms.